The summed E-state index contributed by atoms with van der Waals surface area (Å²) in [5.41, 5.74) is 0. The number of amides is 1. The van der Waals surface area contributed by atoms with Crippen molar-refractivity contribution in [1.82, 2.24) is 4.98 Å². The van der Waals surface area contributed by atoms with E-state index < -0.39 is 12.0 Å². The number of halogens is 1. The predicted octanol–water partition coefficient (Wildman–Crippen LogP) is 2.26. The minimum absolute atomic E-state index is 0.0519. The van der Waals surface area contributed by atoms with E-state index in [1.165, 1.54) is 13.1 Å². The second kappa shape index (κ2) is 5.57. The Morgan fingerprint density at radius 1 is 1.53 bits per heavy atom. The normalized spacial score (nSPS) is 22.5. The molecule has 5 nitrogen and oxygen atoms in total. The van der Waals surface area contributed by atoms with E-state index in [9.17, 15) is 9.59 Å². The van der Waals surface area contributed by atoms with Crippen molar-refractivity contribution < 1.29 is 14.3 Å². The Kier molecular flexibility index (Phi) is 4.04. The van der Waals surface area contributed by atoms with E-state index in [1.54, 1.807) is 12.1 Å². The van der Waals surface area contributed by atoms with Crippen LogP contribution >= 0.6 is 11.6 Å². The third-order valence-corrected chi connectivity index (χ3v) is 3.28. The molecule has 3 atom stereocenters. The van der Waals surface area contributed by atoms with Crippen molar-refractivity contribution in [3.63, 3.8) is 0 Å². The summed E-state index contributed by atoms with van der Waals surface area (Å²) < 4.78 is 5.10. The molecule has 6 heteroatoms. The van der Waals surface area contributed by atoms with Crippen LogP contribution in [0.5, 0.6) is 0 Å². The Hall–Kier alpha value is -1.62. The van der Waals surface area contributed by atoms with Crippen LogP contribution in [0.15, 0.2) is 18.3 Å². The van der Waals surface area contributed by atoms with Gasteiger partial charge in [-0.2, -0.15) is 0 Å². The molecular formula is C13H15ClN2O3. The van der Waals surface area contributed by atoms with Crippen molar-refractivity contribution in [2.45, 2.75) is 26.4 Å². The van der Waals surface area contributed by atoms with E-state index in [4.69, 9.17) is 16.3 Å². The summed E-state index contributed by atoms with van der Waals surface area (Å²) in [5.74, 6) is -0.0302. The molecule has 1 amide bonds. The van der Waals surface area contributed by atoms with Crippen LogP contribution in [-0.2, 0) is 14.3 Å². The number of nitrogens with zero attached hydrogens (tertiary/aromatic N) is 1. The lowest BCUT2D eigenvalue weighted by Gasteiger charge is -2.13. The summed E-state index contributed by atoms with van der Waals surface area (Å²) in [6.45, 7) is 3.52. The Bertz CT molecular complexity index is 489. The molecule has 1 N–H and O–H groups in total. The summed E-state index contributed by atoms with van der Waals surface area (Å²) >= 11 is 5.69. The minimum Gasteiger partial charge on any atom is -0.452 e. The molecule has 0 radical (unpaired) electrons. The van der Waals surface area contributed by atoms with Crippen molar-refractivity contribution in [2.75, 3.05) is 5.32 Å². The van der Waals surface area contributed by atoms with Crippen molar-refractivity contribution in [2.24, 2.45) is 11.8 Å². The molecule has 1 fully saturated rings. The first kappa shape index (κ1) is 13.8. The first-order chi connectivity index (χ1) is 8.97. The molecule has 1 aromatic rings. The number of anilines is 1. The fourth-order valence-corrected chi connectivity index (χ4v) is 1.76. The van der Waals surface area contributed by atoms with Gasteiger partial charge in [0.1, 0.15) is 5.82 Å². The van der Waals surface area contributed by atoms with Gasteiger partial charge in [0, 0.05) is 6.20 Å². The molecule has 1 saturated carbocycles. The zero-order chi connectivity index (χ0) is 14.0. The first-order valence-electron chi connectivity index (χ1n) is 6.10. The molecular weight excluding hydrogens is 268 g/mol. The summed E-state index contributed by atoms with van der Waals surface area (Å²) in [4.78, 5) is 27.3. The highest BCUT2D eigenvalue weighted by Crippen LogP contribution is 2.38. The van der Waals surface area contributed by atoms with Crippen LogP contribution in [0.3, 0.4) is 0 Å². The van der Waals surface area contributed by atoms with Crippen LogP contribution in [0.4, 0.5) is 5.82 Å². The van der Waals surface area contributed by atoms with E-state index in [-0.39, 0.29) is 11.9 Å². The van der Waals surface area contributed by atoms with E-state index in [0.29, 0.717) is 16.8 Å². The molecule has 2 rings (SSSR count). The maximum atomic E-state index is 11.8. The number of rotatable bonds is 4. The monoisotopic (exact) mass is 282 g/mol. The molecule has 0 unspecified atom stereocenters. The molecule has 19 heavy (non-hydrogen) atoms. The maximum Gasteiger partial charge on any atom is 0.309 e. The van der Waals surface area contributed by atoms with E-state index in [2.05, 4.69) is 10.3 Å². The number of nitrogens with one attached hydrogen (secondary N) is 1. The molecule has 0 aliphatic heterocycles. The van der Waals surface area contributed by atoms with Gasteiger partial charge in [-0.05, 0) is 31.4 Å². The van der Waals surface area contributed by atoms with Crippen molar-refractivity contribution in [3.8, 4) is 0 Å². The van der Waals surface area contributed by atoms with Gasteiger partial charge >= 0.3 is 5.97 Å². The third kappa shape index (κ3) is 3.67. The first-order valence-corrected chi connectivity index (χ1v) is 6.48. The number of pyridine rings is 1. The highest BCUT2D eigenvalue weighted by molar-refractivity contribution is 6.30. The lowest BCUT2D eigenvalue weighted by molar-refractivity contribution is -0.154. The molecule has 1 heterocycles. The van der Waals surface area contributed by atoms with Crippen LogP contribution in [-0.4, -0.2) is 23.0 Å². The largest absolute Gasteiger partial charge is 0.452 e. The maximum absolute atomic E-state index is 11.8. The second-order valence-electron chi connectivity index (χ2n) is 4.75. The summed E-state index contributed by atoms with van der Waals surface area (Å²) in [6.07, 6.45) is 1.43. The van der Waals surface area contributed by atoms with E-state index in [0.717, 1.165) is 6.42 Å². The average molecular weight is 283 g/mol. The van der Waals surface area contributed by atoms with Gasteiger partial charge in [0.2, 0.25) is 0 Å². The lowest BCUT2D eigenvalue weighted by atomic mass is 10.3. The molecule has 1 aliphatic rings. The highest BCUT2D eigenvalue weighted by atomic mass is 35.5. The Balaban J connectivity index is 1.85. The summed E-state index contributed by atoms with van der Waals surface area (Å²) in [6, 6.07) is 3.20. The second-order valence-corrected chi connectivity index (χ2v) is 5.19. The number of carbonyl (C=O) groups excluding carboxylic acids is 2. The summed E-state index contributed by atoms with van der Waals surface area (Å²) in [5, 5.41) is 3.05. The SMILES string of the molecule is C[C@H](OC(=O)[C@H]1C[C@@H]1C)C(=O)Nc1ccc(Cl)cn1. The fourth-order valence-electron chi connectivity index (χ4n) is 1.64. The zero-order valence-corrected chi connectivity index (χ0v) is 11.5. The number of hydrogen-bond acceptors (Lipinski definition) is 4. The molecule has 0 spiro atoms. The molecule has 0 saturated heterocycles. The van der Waals surface area contributed by atoms with Gasteiger partial charge in [-0.1, -0.05) is 18.5 Å². The van der Waals surface area contributed by atoms with Gasteiger partial charge in [0.05, 0.1) is 10.9 Å². The van der Waals surface area contributed by atoms with E-state index >= 15 is 0 Å². The standard InChI is InChI=1S/C13H15ClN2O3/c1-7-5-10(7)13(18)19-8(2)12(17)16-11-4-3-9(14)6-15-11/h3-4,6-8,10H,5H2,1-2H3,(H,15,16,17)/t7-,8-,10-/m0/s1. The quantitative estimate of drug-likeness (QED) is 0.860. The average Bonchev–Trinajstić information content (AvgIpc) is 3.09. The van der Waals surface area contributed by atoms with Gasteiger partial charge in [0.25, 0.3) is 5.91 Å². The molecule has 0 bridgehead atoms. The van der Waals surface area contributed by atoms with Crippen molar-refractivity contribution in [1.29, 1.82) is 0 Å². The van der Waals surface area contributed by atoms with Crippen molar-refractivity contribution in [3.05, 3.63) is 23.4 Å². The van der Waals surface area contributed by atoms with Crippen LogP contribution in [0, 0.1) is 11.8 Å². The van der Waals surface area contributed by atoms with E-state index in [1.807, 2.05) is 6.92 Å². The highest BCUT2D eigenvalue weighted by Gasteiger charge is 2.41. The number of esters is 1. The smallest absolute Gasteiger partial charge is 0.309 e. The molecule has 0 aromatic carbocycles. The number of hydrogen-bond donors (Lipinski definition) is 1. The predicted molar refractivity (Wildman–Crippen MR) is 70.7 cm³/mol. The minimum atomic E-state index is -0.835. The molecule has 1 aromatic heterocycles. The van der Waals surface area contributed by atoms with Crippen LogP contribution < -0.4 is 5.32 Å². The lowest BCUT2D eigenvalue weighted by Crippen LogP contribution is -2.30. The number of carbonyl (C=O) groups is 2. The zero-order valence-electron chi connectivity index (χ0n) is 10.7. The fraction of sp³-hybridized carbons (Fsp3) is 0.462. The van der Waals surface area contributed by atoms with Crippen LogP contribution in [0.1, 0.15) is 20.3 Å². The topological polar surface area (TPSA) is 68.3 Å². The third-order valence-electron chi connectivity index (χ3n) is 3.05. The molecule has 1 aliphatic carbocycles. The van der Waals surface area contributed by atoms with Gasteiger partial charge in [0.15, 0.2) is 6.10 Å². The number of aromatic nitrogens is 1. The Morgan fingerprint density at radius 3 is 2.74 bits per heavy atom. The van der Waals surface area contributed by atoms with Gasteiger partial charge < -0.3 is 10.1 Å². The Labute approximate surface area is 116 Å². The molecule has 102 valence electrons. The Morgan fingerprint density at radius 2 is 2.21 bits per heavy atom. The van der Waals surface area contributed by atoms with Gasteiger partial charge in [-0.3, -0.25) is 9.59 Å². The summed E-state index contributed by atoms with van der Waals surface area (Å²) in [7, 11) is 0. The van der Waals surface area contributed by atoms with Crippen LogP contribution in [0.25, 0.3) is 0 Å². The number of ether oxygens (including phenoxy) is 1. The van der Waals surface area contributed by atoms with Crippen molar-refractivity contribution >= 4 is 29.3 Å². The van der Waals surface area contributed by atoms with Gasteiger partial charge in [-0.25, -0.2) is 4.98 Å². The van der Waals surface area contributed by atoms with Gasteiger partial charge in [-0.15, -0.1) is 0 Å². The van der Waals surface area contributed by atoms with Crippen LogP contribution in [0.2, 0.25) is 5.02 Å².